The largest absolute Gasteiger partial charge is 0.478 e. The van der Waals surface area contributed by atoms with Crippen molar-refractivity contribution in [3.63, 3.8) is 0 Å². The van der Waals surface area contributed by atoms with Gasteiger partial charge < -0.3 is 10.4 Å². The number of hydrogen-bond donors (Lipinski definition) is 2. The van der Waals surface area contributed by atoms with Crippen LogP contribution in [-0.4, -0.2) is 37.7 Å². The molecule has 0 unspecified atom stereocenters. The van der Waals surface area contributed by atoms with E-state index in [9.17, 15) is 18.0 Å². The maximum absolute atomic E-state index is 12.1. The molecule has 2 N–H and O–H groups in total. The van der Waals surface area contributed by atoms with Gasteiger partial charge >= 0.3 is 5.97 Å². The van der Waals surface area contributed by atoms with E-state index in [1.807, 2.05) is 13.8 Å². The molecule has 116 valence electrons. The first-order valence-electron chi connectivity index (χ1n) is 6.16. The Morgan fingerprint density at radius 3 is 2.48 bits per heavy atom. The number of carbonyl (C=O) groups excluding carboxylic acids is 1. The van der Waals surface area contributed by atoms with Crippen molar-refractivity contribution >= 4 is 37.6 Å². The monoisotopic (exact) mass is 377 g/mol. The average molecular weight is 378 g/mol. The Labute approximate surface area is 131 Å². The summed E-state index contributed by atoms with van der Waals surface area (Å²) in [6.45, 7) is 4.17. The van der Waals surface area contributed by atoms with Crippen molar-refractivity contribution < 1.29 is 23.1 Å². The Hall–Kier alpha value is -1.41. The van der Waals surface area contributed by atoms with Crippen molar-refractivity contribution in [1.29, 1.82) is 0 Å². The fourth-order valence-corrected chi connectivity index (χ4v) is 3.09. The van der Waals surface area contributed by atoms with E-state index in [1.165, 1.54) is 12.1 Å². The highest BCUT2D eigenvalue weighted by Gasteiger charge is 2.21. The summed E-state index contributed by atoms with van der Waals surface area (Å²) >= 11 is 3.03. The van der Waals surface area contributed by atoms with Gasteiger partial charge in [-0.15, -0.1) is 0 Å². The summed E-state index contributed by atoms with van der Waals surface area (Å²) in [4.78, 5) is 22.4. The lowest BCUT2D eigenvalue weighted by molar-refractivity contribution is -0.118. The lowest BCUT2D eigenvalue weighted by Gasteiger charge is -2.09. The topological polar surface area (TPSA) is 101 Å². The molecule has 0 saturated carbocycles. The normalized spacial score (nSPS) is 11.4. The second kappa shape index (κ2) is 7.04. The highest BCUT2D eigenvalue weighted by atomic mass is 79.9. The van der Waals surface area contributed by atoms with Gasteiger partial charge in [0.25, 0.3) is 0 Å². The SMILES string of the molecule is CC(C)CNC(=O)CS(=O)(=O)c1ccc(Br)c(C(=O)O)c1. The molecule has 0 aliphatic carbocycles. The Balaban J connectivity index is 2.96. The minimum Gasteiger partial charge on any atom is -0.478 e. The number of halogens is 1. The second-order valence-corrected chi connectivity index (χ2v) is 7.75. The second-order valence-electron chi connectivity index (χ2n) is 4.90. The first-order valence-corrected chi connectivity index (χ1v) is 8.60. The molecule has 1 amide bonds. The van der Waals surface area contributed by atoms with Gasteiger partial charge in [0.1, 0.15) is 5.75 Å². The summed E-state index contributed by atoms with van der Waals surface area (Å²) in [6, 6.07) is 3.64. The highest BCUT2D eigenvalue weighted by Crippen LogP contribution is 2.21. The zero-order valence-corrected chi connectivity index (χ0v) is 14.0. The predicted molar refractivity (Wildman–Crippen MR) is 81.0 cm³/mol. The first kappa shape index (κ1) is 17.6. The van der Waals surface area contributed by atoms with E-state index < -0.39 is 27.5 Å². The van der Waals surface area contributed by atoms with E-state index in [-0.39, 0.29) is 20.8 Å². The lowest BCUT2D eigenvalue weighted by atomic mass is 10.2. The molecular formula is C13H16BrNO5S. The fraction of sp³-hybridized carbons (Fsp3) is 0.385. The summed E-state index contributed by atoms with van der Waals surface area (Å²) in [5.74, 6) is -2.35. The van der Waals surface area contributed by atoms with Gasteiger partial charge in [-0.2, -0.15) is 0 Å². The van der Waals surface area contributed by atoms with Crippen LogP contribution >= 0.6 is 15.9 Å². The predicted octanol–water partition coefficient (Wildman–Crippen LogP) is 1.69. The summed E-state index contributed by atoms with van der Waals surface area (Å²) in [5.41, 5.74) is -0.168. The van der Waals surface area contributed by atoms with E-state index in [0.717, 1.165) is 6.07 Å². The molecule has 8 heteroatoms. The molecule has 0 aliphatic heterocycles. The molecule has 0 saturated heterocycles. The van der Waals surface area contributed by atoms with Crippen molar-refractivity contribution in [3.05, 3.63) is 28.2 Å². The minimum absolute atomic E-state index is 0.168. The number of nitrogens with one attached hydrogen (secondary N) is 1. The van der Waals surface area contributed by atoms with Crippen molar-refractivity contribution in [2.75, 3.05) is 12.3 Å². The van der Waals surface area contributed by atoms with E-state index in [2.05, 4.69) is 21.2 Å². The molecule has 0 atom stereocenters. The van der Waals surface area contributed by atoms with Crippen LogP contribution < -0.4 is 5.32 Å². The van der Waals surface area contributed by atoms with Crippen molar-refractivity contribution in [2.45, 2.75) is 18.7 Å². The third kappa shape index (κ3) is 5.13. The maximum atomic E-state index is 12.1. The number of rotatable bonds is 6. The molecule has 0 spiro atoms. The summed E-state index contributed by atoms with van der Waals surface area (Å²) < 4.78 is 24.5. The average Bonchev–Trinajstić information content (AvgIpc) is 2.35. The molecule has 0 bridgehead atoms. The van der Waals surface area contributed by atoms with Crippen LogP contribution in [0.15, 0.2) is 27.6 Å². The number of benzene rings is 1. The zero-order chi connectivity index (χ0) is 16.2. The van der Waals surface area contributed by atoms with Crippen molar-refractivity contribution in [1.82, 2.24) is 5.32 Å². The van der Waals surface area contributed by atoms with Crippen LogP contribution in [0.1, 0.15) is 24.2 Å². The molecule has 0 heterocycles. The van der Waals surface area contributed by atoms with Gasteiger partial charge in [-0.1, -0.05) is 13.8 Å². The van der Waals surface area contributed by atoms with E-state index in [4.69, 9.17) is 5.11 Å². The summed E-state index contributed by atoms with van der Waals surface area (Å²) in [7, 11) is -3.88. The van der Waals surface area contributed by atoms with Gasteiger partial charge in [0.2, 0.25) is 5.91 Å². The number of hydrogen-bond acceptors (Lipinski definition) is 4. The molecule has 1 aromatic rings. The molecule has 0 aromatic heterocycles. The molecular weight excluding hydrogens is 362 g/mol. The number of amides is 1. The molecule has 0 fully saturated rings. The molecule has 1 rings (SSSR count). The van der Waals surface area contributed by atoms with Gasteiger partial charge in [0.15, 0.2) is 9.84 Å². The number of carboxylic acids is 1. The number of sulfone groups is 1. The molecule has 0 radical (unpaired) electrons. The van der Waals surface area contributed by atoms with Crippen LogP contribution in [0.5, 0.6) is 0 Å². The van der Waals surface area contributed by atoms with E-state index in [0.29, 0.717) is 6.54 Å². The highest BCUT2D eigenvalue weighted by molar-refractivity contribution is 9.10. The lowest BCUT2D eigenvalue weighted by Crippen LogP contribution is -2.32. The van der Waals surface area contributed by atoms with Crippen LogP contribution in [0.4, 0.5) is 0 Å². The molecule has 1 aromatic carbocycles. The van der Waals surface area contributed by atoms with Gasteiger partial charge in [-0.25, -0.2) is 13.2 Å². The van der Waals surface area contributed by atoms with Gasteiger partial charge in [0.05, 0.1) is 10.5 Å². The summed E-state index contributed by atoms with van der Waals surface area (Å²) in [6.07, 6.45) is 0. The smallest absolute Gasteiger partial charge is 0.336 e. The van der Waals surface area contributed by atoms with Crippen molar-refractivity contribution in [2.24, 2.45) is 5.92 Å². The summed E-state index contributed by atoms with van der Waals surface area (Å²) in [5, 5.41) is 11.5. The Morgan fingerprint density at radius 1 is 1.33 bits per heavy atom. The number of carboxylic acid groups (broad SMARTS) is 1. The van der Waals surface area contributed by atoms with E-state index >= 15 is 0 Å². The van der Waals surface area contributed by atoms with Crippen LogP contribution in [-0.2, 0) is 14.6 Å². The minimum atomic E-state index is -3.88. The zero-order valence-electron chi connectivity index (χ0n) is 11.6. The Morgan fingerprint density at radius 2 is 1.95 bits per heavy atom. The Kier molecular flexibility index (Phi) is 5.91. The quantitative estimate of drug-likeness (QED) is 0.785. The number of aromatic carboxylic acids is 1. The van der Waals surface area contributed by atoms with Crippen LogP contribution in [0.3, 0.4) is 0 Å². The molecule has 0 aliphatic rings. The van der Waals surface area contributed by atoms with Gasteiger partial charge in [0, 0.05) is 11.0 Å². The van der Waals surface area contributed by atoms with Crippen LogP contribution in [0.25, 0.3) is 0 Å². The maximum Gasteiger partial charge on any atom is 0.336 e. The third-order valence-corrected chi connectivity index (χ3v) is 4.86. The van der Waals surface area contributed by atoms with Gasteiger partial charge in [-0.05, 0) is 40.0 Å². The molecule has 21 heavy (non-hydrogen) atoms. The number of carbonyl (C=O) groups is 2. The van der Waals surface area contributed by atoms with Gasteiger partial charge in [-0.3, -0.25) is 4.79 Å². The third-order valence-electron chi connectivity index (χ3n) is 2.56. The standard InChI is InChI=1S/C13H16BrNO5S/c1-8(2)6-15-12(16)7-21(19,20)9-3-4-11(14)10(5-9)13(17)18/h3-5,8H,6-7H2,1-2H3,(H,15,16)(H,17,18). The van der Waals surface area contributed by atoms with Crippen LogP contribution in [0, 0.1) is 5.92 Å². The van der Waals surface area contributed by atoms with E-state index in [1.54, 1.807) is 0 Å². The fourth-order valence-electron chi connectivity index (χ4n) is 1.49. The van der Waals surface area contributed by atoms with Crippen molar-refractivity contribution in [3.8, 4) is 0 Å². The van der Waals surface area contributed by atoms with Crippen LogP contribution in [0.2, 0.25) is 0 Å². The molecule has 6 nitrogen and oxygen atoms in total. The Bertz CT molecular complexity index is 655. The first-order chi connectivity index (χ1) is 9.63.